The fraction of sp³-hybridized carbons (Fsp3) is 0.294. The molecule has 0 atom stereocenters. The van der Waals surface area contributed by atoms with Gasteiger partial charge in [-0.2, -0.15) is 0 Å². The van der Waals surface area contributed by atoms with Crippen LogP contribution < -0.4 is 4.72 Å². The van der Waals surface area contributed by atoms with E-state index >= 15 is 0 Å². The van der Waals surface area contributed by atoms with Crippen molar-refractivity contribution in [3.05, 3.63) is 64.2 Å². The van der Waals surface area contributed by atoms with Crippen molar-refractivity contribution < 1.29 is 8.42 Å². The largest absolute Gasteiger partial charge is 0.240 e. The van der Waals surface area contributed by atoms with Gasteiger partial charge in [-0.1, -0.05) is 41.9 Å². The molecular weight excluding hydrogens is 318 g/mol. The Balaban J connectivity index is 1.98. The fourth-order valence-corrected chi connectivity index (χ4v) is 3.87. The highest BCUT2D eigenvalue weighted by atomic mass is 35.5. The van der Waals surface area contributed by atoms with Gasteiger partial charge in [0.25, 0.3) is 0 Å². The van der Waals surface area contributed by atoms with E-state index < -0.39 is 10.0 Å². The Morgan fingerprint density at radius 3 is 2.41 bits per heavy atom. The summed E-state index contributed by atoms with van der Waals surface area (Å²) in [6.07, 6.45) is 1.61. The molecule has 0 saturated carbocycles. The second-order valence-corrected chi connectivity index (χ2v) is 7.50. The Kier molecular flexibility index (Phi) is 5.62. The summed E-state index contributed by atoms with van der Waals surface area (Å²) in [5.74, 6) is 0. The van der Waals surface area contributed by atoms with Crippen molar-refractivity contribution in [1.82, 2.24) is 4.72 Å². The molecule has 0 aliphatic rings. The SMILES string of the molecule is Cc1cc(S(=O)(=O)NCCCc2ccccc2)c(C)cc1Cl. The maximum absolute atomic E-state index is 12.4. The molecule has 0 unspecified atom stereocenters. The number of rotatable bonds is 6. The standard InChI is InChI=1S/C17H20ClNO2S/c1-13-12-17(14(2)11-16(13)18)22(20,21)19-10-6-9-15-7-4-3-5-8-15/h3-5,7-8,11-12,19H,6,9-10H2,1-2H3. The molecule has 0 fully saturated rings. The highest BCUT2D eigenvalue weighted by molar-refractivity contribution is 7.89. The van der Waals surface area contributed by atoms with Gasteiger partial charge in [-0.05, 0) is 55.5 Å². The van der Waals surface area contributed by atoms with E-state index in [-0.39, 0.29) is 0 Å². The molecule has 1 N–H and O–H groups in total. The summed E-state index contributed by atoms with van der Waals surface area (Å²) in [4.78, 5) is 0.300. The van der Waals surface area contributed by atoms with E-state index in [0.717, 1.165) is 18.4 Å². The van der Waals surface area contributed by atoms with E-state index in [1.54, 1.807) is 26.0 Å². The molecule has 2 aromatic carbocycles. The number of hydrogen-bond donors (Lipinski definition) is 1. The van der Waals surface area contributed by atoms with Gasteiger partial charge in [-0.25, -0.2) is 13.1 Å². The van der Waals surface area contributed by atoms with Crippen molar-refractivity contribution >= 4 is 21.6 Å². The van der Waals surface area contributed by atoms with Crippen LogP contribution in [-0.2, 0) is 16.4 Å². The van der Waals surface area contributed by atoms with Crippen molar-refractivity contribution in [3.63, 3.8) is 0 Å². The predicted octanol–water partition coefficient (Wildman–Crippen LogP) is 3.87. The predicted molar refractivity (Wildman–Crippen MR) is 90.9 cm³/mol. The third kappa shape index (κ3) is 4.32. The monoisotopic (exact) mass is 337 g/mol. The van der Waals surface area contributed by atoms with Crippen LogP contribution in [0.3, 0.4) is 0 Å². The van der Waals surface area contributed by atoms with Crippen molar-refractivity contribution in [3.8, 4) is 0 Å². The van der Waals surface area contributed by atoms with Crippen LogP contribution in [0, 0.1) is 13.8 Å². The first-order chi connectivity index (χ1) is 10.4. The summed E-state index contributed by atoms with van der Waals surface area (Å²) < 4.78 is 27.4. The van der Waals surface area contributed by atoms with Gasteiger partial charge < -0.3 is 0 Å². The first kappa shape index (κ1) is 17.0. The molecule has 0 radical (unpaired) electrons. The molecule has 0 heterocycles. The molecule has 0 aliphatic heterocycles. The Morgan fingerprint density at radius 1 is 1.05 bits per heavy atom. The van der Waals surface area contributed by atoms with Gasteiger partial charge >= 0.3 is 0 Å². The lowest BCUT2D eigenvalue weighted by molar-refractivity contribution is 0.578. The van der Waals surface area contributed by atoms with Crippen LogP contribution in [0.25, 0.3) is 0 Å². The second-order valence-electron chi connectivity index (χ2n) is 5.35. The molecule has 0 spiro atoms. The van der Waals surface area contributed by atoms with Gasteiger partial charge in [0, 0.05) is 11.6 Å². The molecule has 22 heavy (non-hydrogen) atoms. The Morgan fingerprint density at radius 2 is 1.73 bits per heavy atom. The maximum Gasteiger partial charge on any atom is 0.240 e. The van der Waals surface area contributed by atoms with E-state index in [1.807, 2.05) is 30.3 Å². The third-order valence-corrected chi connectivity index (χ3v) is 5.53. The molecule has 118 valence electrons. The second kappa shape index (κ2) is 7.27. The van der Waals surface area contributed by atoms with E-state index in [1.165, 1.54) is 5.56 Å². The maximum atomic E-state index is 12.4. The zero-order valence-electron chi connectivity index (χ0n) is 12.8. The van der Waals surface area contributed by atoms with Crippen LogP contribution in [0.1, 0.15) is 23.1 Å². The van der Waals surface area contributed by atoms with Crippen molar-refractivity contribution in [2.75, 3.05) is 6.54 Å². The molecule has 2 aromatic rings. The Bertz CT molecular complexity index is 743. The highest BCUT2D eigenvalue weighted by Gasteiger charge is 2.17. The lowest BCUT2D eigenvalue weighted by Gasteiger charge is -2.11. The van der Waals surface area contributed by atoms with E-state index in [0.29, 0.717) is 22.0 Å². The minimum absolute atomic E-state index is 0.300. The smallest absolute Gasteiger partial charge is 0.211 e. The zero-order chi connectivity index (χ0) is 16.2. The van der Waals surface area contributed by atoms with Crippen molar-refractivity contribution in [2.24, 2.45) is 0 Å². The van der Waals surface area contributed by atoms with Gasteiger partial charge in [-0.3, -0.25) is 0 Å². The molecule has 0 bridgehead atoms. The van der Waals surface area contributed by atoms with Crippen LogP contribution in [-0.4, -0.2) is 15.0 Å². The summed E-state index contributed by atoms with van der Waals surface area (Å²) in [6.45, 7) is 3.97. The normalized spacial score (nSPS) is 11.6. The van der Waals surface area contributed by atoms with Crippen molar-refractivity contribution in [1.29, 1.82) is 0 Å². The van der Waals surface area contributed by atoms with Crippen LogP contribution in [0.4, 0.5) is 0 Å². The lowest BCUT2D eigenvalue weighted by atomic mass is 10.1. The number of sulfonamides is 1. The first-order valence-electron chi connectivity index (χ1n) is 7.20. The molecule has 3 nitrogen and oxygen atoms in total. The highest BCUT2D eigenvalue weighted by Crippen LogP contribution is 2.23. The number of halogens is 1. The van der Waals surface area contributed by atoms with Gasteiger partial charge in [0.1, 0.15) is 0 Å². The van der Waals surface area contributed by atoms with Crippen LogP contribution >= 0.6 is 11.6 Å². The molecule has 0 amide bonds. The summed E-state index contributed by atoms with van der Waals surface area (Å²) >= 11 is 6.02. The fourth-order valence-electron chi connectivity index (χ4n) is 2.27. The summed E-state index contributed by atoms with van der Waals surface area (Å²) in [7, 11) is -3.49. The summed E-state index contributed by atoms with van der Waals surface area (Å²) in [5, 5.41) is 0.584. The Hall–Kier alpha value is -1.36. The van der Waals surface area contributed by atoms with E-state index in [9.17, 15) is 8.42 Å². The molecule has 0 aromatic heterocycles. The van der Waals surface area contributed by atoms with Gasteiger partial charge in [0.05, 0.1) is 4.90 Å². The zero-order valence-corrected chi connectivity index (χ0v) is 14.3. The minimum Gasteiger partial charge on any atom is -0.211 e. The number of nitrogens with one attached hydrogen (secondary N) is 1. The van der Waals surface area contributed by atoms with Gasteiger partial charge in [0.2, 0.25) is 10.0 Å². The van der Waals surface area contributed by atoms with Crippen LogP contribution in [0.15, 0.2) is 47.4 Å². The van der Waals surface area contributed by atoms with E-state index in [2.05, 4.69) is 4.72 Å². The molecule has 0 aliphatic carbocycles. The molecule has 0 saturated heterocycles. The first-order valence-corrected chi connectivity index (χ1v) is 9.06. The summed E-state index contributed by atoms with van der Waals surface area (Å²) in [6, 6.07) is 13.3. The van der Waals surface area contributed by atoms with Gasteiger partial charge in [0.15, 0.2) is 0 Å². The average Bonchev–Trinajstić information content (AvgIpc) is 2.48. The number of aryl methyl sites for hydroxylation is 3. The number of benzene rings is 2. The minimum atomic E-state index is -3.49. The molecule has 2 rings (SSSR count). The lowest BCUT2D eigenvalue weighted by Crippen LogP contribution is -2.26. The number of hydrogen-bond acceptors (Lipinski definition) is 2. The molecular formula is C17H20ClNO2S. The summed E-state index contributed by atoms with van der Waals surface area (Å²) in [5.41, 5.74) is 2.63. The quantitative estimate of drug-likeness (QED) is 0.813. The van der Waals surface area contributed by atoms with Crippen LogP contribution in [0.5, 0.6) is 0 Å². The van der Waals surface area contributed by atoms with E-state index in [4.69, 9.17) is 11.6 Å². The average molecular weight is 338 g/mol. The Labute approximate surface area is 137 Å². The third-order valence-electron chi connectivity index (χ3n) is 3.52. The topological polar surface area (TPSA) is 46.2 Å². The molecule has 5 heteroatoms. The van der Waals surface area contributed by atoms with Crippen molar-refractivity contribution in [2.45, 2.75) is 31.6 Å². The van der Waals surface area contributed by atoms with Crippen LogP contribution in [0.2, 0.25) is 5.02 Å². The van der Waals surface area contributed by atoms with Gasteiger partial charge in [-0.15, -0.1) is 0 Å².